The third-order valence-electron chi connectivity index (χ3n) is 6.52. The van der Waals surface area contributed by atoms with E-state index in [9.17, 15) is 4.79 Å². The molecule has 2 aliphatic rings. The standard InChI is InChI=1S/C18H35N3O2/c1-7-18(8-2)15(13(3)16(18)23-6)19-17(22)14(4)21-11-9-20(5)10-12-21/h13-16H,7-12H2,1-6H3,(H,19,22)/t13-,14+,15-,16+/m1/s1. The van der Waals surface area contributed by atoms with Crippen molar-refractivity contribution in [3.63, 3.8) is 0 Å². The molecule has 1 heterocycles. The summed E-state index contributed by atoms with van der Waals surface area (Å²) in [4.78, 5) is 17.4. The van der Waals surface area contributed by atoms with Gasteiger partial charge in [0, 0.05) is 50.7 Å². The number of carbonyl (C=O) groups excluding carboxylic acids is 1. The zero-order valence-electron chi connectivity index (χ0n) is 15.8. The molecule has 1 saturated carbocycles. The molecular formula is C18H35N3O2. The van der Waals surface area contributed by atoms with E-state index in [1.807, 2.05) is 6.92 Å². The number of nitrogens with one attached hydrogen (secondary N) is 1. The molecule has 0 aromatic carbocycles. The first-order chi connectivity index (χ1) is 10.9. The van der Waals surface area contributed by atoms with Gasteiger partial charge in [0.05, 0.1) is 12.1 Å². The fourth-order valence-corrected chi connectivity index (χ4v) is 4.75. The van der Waals surface area contributed by atoms with E-state index in [-0.39, 0.29) is 29.5 Å². The molecule has 2 fully saturated rings. The Hall–Kier alpha value is -0.650. The van der Waals surface area contributed by atoms with Crippen LogP contribution in [-0.4, -0.2) is 74.2 Å². The lowest BCUT2D eigenvalue weighted by atomic mass is 9.53. The second-order valence-electron chi connectivity index (χ2n) is 7.46. The lowest BCUT2D eigenvalue weighted by Gasteiger charge is -2.60. The van der Waals surface area contributed by atoms with E-state index < -0.39 is 0 Å². The fourth-order valence-electron chi connectivity index (χ4n) is 4.75. The highest BCUT2D eigenvalue weighted by molar-refractivity contribution is 5.82. The molecule has 0 radical (unpaired) electrons. The van der Waals surface area contributed by atoms with Crippen LogP contribution in [0, 0.1) is 11.3 Å². The van der Waals surface area contributed by atoms with E-state index in [4.69, 9.17) is 4.74 Å². The Morgan fingerprint density at radius 3 is 2.30 bits per heavy atom. The Balaban J connectivity index is 1.98. The highest BCUT2D eigenvalue weighted by Gasteiger charge is 2.59. The van der Waals surface area contributed by atoms with Crippen molar-refractivity contribution in [3.8, 4) is 0 Å². The molecule has 1 amide bonds. The van der Waals surface area contributed by atoms with Gasteiger partial charge in [-0.15, -0.1) is 0 Å². The second kappa shape index (κ2) is 7.49. The first-order valence-corrected chi connectivity index (χ1v) is 9.17. The average Bonchev–Trinajstić information content (AvgIpc) is 2.56. The number of likely N-dealkylation sites (N-methyl/N-ethyl adjacent to an activating group) is 1. The van der Waals surface area contributed by atoms with Crippen molar-refractivity contribution in [2.45, 2.75) is 58.7 Å². The minimum Gasteiger partial charge on any atom is -0.380 e. The first kappa shape index (κ1) is 18.7. The largest absolute Gasteiger partial charge is 0.380 e. The van der Waals surface area contributed by atoms with Crippen LogP contribution in [0.15, 0.2) is 0 Å². The van der Waals surface area contributed by atoms with Gasteiger partial charge in [-0.05, 0) is 26.8 Å². The zero-order valence-corrected chi connectivity index (χ0v) is 15.8. The van der Waals surface area contributed by atoms with Crippen molar-refractivity contribution in [2.24, 2.45) is 11.3 Å². The normalized spacial score (nSPS) is 33.0. The number of hydrogen-bond donors (Lipinski definition) is 1. The van der Waals surface area contributed by atoms with Gasteiger partial charge < -0.3 is 15.0 Å². The molecule has 23 heavy (non-hydrogen) atoms. The van der Waals surface area contributed by atoms with Crippen LogP contribution in [0.5, 0.6) is 0 Å². The topological polar surface area (TPSA) is 44.8 Å². The van der Waals surface area contributed by atoms with Crippen LogP contribution in [0.3, 0.4) is 0 Å². The number of nitrogens with zero attached hydrogens (tertiary/aromatic N) is 2. The van der Waals surface area contributed by atoms with E-state index >= 15 is 0 Å². The molecule has 0 aromatic heterocycles. The van der Waals surface area contributed by atoms with Gasteiger partial charge in [-0.1, -0.05) is 20.8 Å². The number of rotatable bonds is 6. The Bertz CT molecular complexity index is 403. The highest BCUT2D eigenvalue weighted by atomic mass is 16.5. The highest BCUT2D eigenvalue weighted by Crippen LogP contribution is 2.52. The summed E-state index contributed by atoms with van der Waals surface area (Å²) in [5.74, 6) is 0.552. The van der Waals surface area contributed by atoms with Crippen LogP contribution in [0.4, 0.5) is 0 Å². The molecule has 5 nitrogen and oxygen atoms in total. The predicted octanol–water partition coefficient (Wildman–Crippen LogP) is 1.58. The van der Waals surface area contributed by atoms with Crippen molar-refractivity contribution in [1.29, 1.82) is 0 Å². The number of piperazine rings is 1. The van der Waals surface area contributed by atoms with Crippen LogP contribution in [0.25, 0.3) is 0 Å². The van der Waals surface area contributed by atoms with Crippen molar-refractivity contribution in [1.82, 2.24) is 15.1 Å². The maximum atomic E-state index is 12.8. The average molecular weight is 325 g/mol. The lowest BCUT2D eigenvalue weighted by Crippen LogP contribution is -2.71. The Morgan fingerprint density at radius 1 is 1.26 bits per heavy atom. The molecule has 4 atom stereocenters. The van der Waals surface area contributed by atoms with Crippen LogP contribution in [0.2, 0.25) is 0 Å². The molecule has 2 rings (SSSR count). The minimum atomic E-state index is -0.0519. The molecule has 1 aliphatic heterocycles. The van der Waals surface area contributed by atoms with Crippen molar-refractivity contribution in [2.75, 3.05) is 40.3 Å². The van der Waals surface area contributed by atoms with Gasteiger partial charge >= 0.3 is 0 Å². The van der Waals surface area contributed by atoms with Crippen LogP contribution in [0.1, 0.15) is 40.5 Å². The molecule has 5 heteroatoms. The molecule has 1 saturated heterocycles. The third-order valence-corrected chi connectivity index (χ3v) is 6.52. The van der Waals surface area contributed by atoms with Crippen LogP contribution < -0.4 is 5.32 Å². The predicted molar refractivity (Wildman–Crippen MR) is 93.4 cm³/mol. The summed E-state index contributed by atoms with van der Waals surface area (Å²) in [5.41, 5.74) is 0.0890. The van der Waals surface area contributed by atoms with Gasteiger partial charge in [0.15, 0.2) is 0 Å². The fraction of sp³-hybridized carbons (Fsp3) is 0.944. The Morgan fingerprint density at radius 2 is 1.83 bits per heavy atom. The number of carbonyl (C=O) groups is 1. The molecule has 1 N–H and O–H groups in total. The van der Waals surface area contributed by atoms with E-state index in [2.05, 4.69) is 42.9 Å². The maximum absolute atomic E-state index is 12.8. The number of hydrogen-bond acceptors (Lipinski definition) is 4. The van der Waals surface area contributed by atoms with Crippen molar-refractivity contribution >= 4 is 5.91 Å². The van der Waals surface area contributed by atoms with Gasteiger partial charge in [-0.3, -0.25) is 9.69 Å². The molecule has 1 aliphatic carbocycles. The van der Waals surface area contributed by atoms with E-state index in [0.717, 1.165) is 39.0 Å². The zero-order chi connectivity index (χ0) is 17.2. The Kier molecular flexibility index (Phi) is 6.09. The summed E-state index contributed by atoms with van der Waals surface area (Å²) >= 11 is 0. The first-order valence-electron chi connectivity index (χ1n) is 9.17. The van der Waals surface area contributed by atoms with E-state index in [1.165, 1.54) is 0 Å². The van der Waals surface area contributed by atoms with E-state index in [0.29, 0.717) is 5.92 Å². The molecule has 0 bridgehead atoms. The third kappa shape index (κ3) is 3.28. The van der Waals surface area contributed by atoms with Crippen LogP contribution >= 0.6 is 0 Å². The van der Waals surface area contributed by atoms with Gasteiger partial charge in [-0.2, -0.15) is 0 Å². The Labute approximate surface area is 141 Å². The summed E-state index contributed by atoms with van der Waals surface area (Å²) < 4.78 is 5.73. The molecule has 134 valence electrons. The summed E-state index contributed by atoms with van der Waals surface area (Å²) in [6.07, 6.45) is 2.34. The molecule has 0 aromatic rings. The van der Waals surface area contributed by atoms with Crippen molar-refractivity contribution < 1.29 is 9.53 Å². The summed E-state index contributed by atoms with van der Waals surface area (Å²) in [5, 5.41) is 3.36. The summed E-state index contributed by atoms with van der Waals surface area (Å²) in [7, 11) is 3.94. The van der Waals surface area contributed by atoms with Gasteiger partial charge in [0.25, 0.3) is 0 Å². The second-order valence-corrected chi connectivity index (χ2v) is 7.46. The lowest BCUT2D eigenvalue weighted by molar-refractivity contribution is -0.173. The summed E-state index contributed by atoms with van der Waals surface area (Å²) in [6, 6.07) is 0.175. The van der Waals surface area contributed by atoms with Gasteiger partial charge in [0.2, 0.25) is 5.91 Å². The molecule has 0 spiro atoms. The van der Waals surface area contributed by atoms with Crippen molar-refractivity contribution in [3.05, 3.63) is 0 Å². The van der Waals surface area contributed by atoms with Gasteiger partial charge in [0.1, 0.15) is 0 Å². The monoisotopic (exact) mass is 325 g/mol. The smallest absolute Gasteiger partial charge is 0.237 e. The maximum Gasteiger partial charge on any atom is 0.237 e. The van der Waals surface area contributed by atoms with Gasteiger partial charge in [-0.25, -0.2) is 0 Å². The molecular weight excluding hydrogens is 290 g/mol. The summed E-state index contributed by atoms with van der Waals surface area (Å²) in [6.45, 7) is 12.7. The number of ether oxygens (including phenoxy) is 1. The van der Waals surface area contributed by atoms with Crippen LogP contribution in [-0.2, 0) is 9.53 Å². The number of methoxy groups -OCH3 is 1. The molecule has 0 unspecified atom stereocenters. The van der Waals surface area contributed by atoms with E-state index in [1.54, 1.807) is 7.11 Å². The number of amides is 1. The quantitative estimate of drug-likeness (QED) is 0.805. The minimum absolute atomic E-state index is 0.0519. The SMILES string of the molecule is CCC1(CC)[C@H](NC(=O)[C@H](C)N2CCN(C)CC2)[C@@H](C)[C@@H]1OC.